The maximum Gasteiger partial charge on any atom is 0.460 e. The summed E-state index contributed by atoms with van der Waals surface area (Å²) in [5.74, 6) is -103. The standard InChI is InChI=1S/C30H12F30N2O2/c31-17(32,19(35,36)21(39,40)23(43,44)25(47,48)27(51,52)29(55,56)57)7-61-11-5-6-12(14-13(11)15(63)9-3-1-2-4-10(9)16(14)64)62-8-18(33,34)20(37,38)22(41,42)24(45,46)26(49,50)28(53,54)30(58,59)60/h1-6,61-62H,7-8H2. The van der Waals surface area contributed by atoms with E-state index < -0.39 is 142 Å². The highest BCUT2D eigenvalue weighted by Gasteiger charge is 2.94. The average molecular weight is 1000 g/mol. The number of alkyl halides is 30. The summed E-state index contributed by atoms with van der Waals surface area (Å²) in [6, 6.07) is 2.40. The van der Waals surface area contributed by atoms with Crippen molar-refractivity contribution in [3.05, 3.63) is 58.7 Å². The second-order valence-electron chi connectivity index (χ2n) is 13.0. The van der Waals surface area contributed by atoms with Gasteiger partial charge in [-0.3, -0.25) is 9.59 Å². The smallest absolute Gasteiger partial charge is 0.378 e. The van der Waals surface area contributed by atoms with Crippen molar-refractivity contribution in [1.82, 2.24) is 0 Å². The lowest BCUT2D eigenvalue weighted by atomic mass is 9.82. The molecule has 0 aromatic heterocycles. The topological polar surface area (TPSA) is 58.2 Å². The first kappa shape index (κ1) is 53.6. The molecule has 0 radical (unpaired) electrons. The third-order valence-corrected chi connectivity index (χ3v) is 8.86. The van der Waals surface area contributed by atoms with Crippen molar-refractivity contribution in [3.63, 3.8) is 0 Å². The van der Waals surface area contributed by atoms with Crippen LogP contribution in [-0.2, 0) is 0 Å². The zero-order valence-electron chi connectivity index (χ0n) is 29.0. The number of hydrogen-bond donors (Lipinski definition) is 2. The van der Waals surface area contributed by atoms with Crippen LogP contribution in [-0.4, -0.2) is 108 Å². The molecule has 0 heterocycles. The summed E-state index contributed by atoms with van der Waals surface area (Å²) in [6.45, 7) is -6.97. The Hall–Kier alpha value is -4.72. The van der Waals surface area contributed by atoms with E-state index >= 15 is 0 Å². The van der Waals surface area contributed by atoms with Crippen LogP contribution in [0.1, 0.15) is 31.8 Å². The van der Waals surface area contributed by atoms with Gasteiger partial charge in [0.15, 0.2) is 11.6 Å². The molecule has 64 heavy (non-hydrogen) atoms. The van der Waals surface area contributed by atoms with E-state index in [9.17, 15) is 141 Å². The highest BCUT2D eigenvalue weighted by atomic mass is 19.4. The van der Waals surface area contributed by atoms with Crippen molar-refractivity contribution in [1.29, 1.82) is 0 Å². The Morgan fingerprint density at radius 3 is 0.766 bits per heavy atom. The number of nitrogens with one attached hydrogen (secondary N) is 2. The van der Waals surface area contributed by atoms with E-state index in [0.717, 1.165) is 22.8 Å². The summed E-state index contributed by atoms with van der Waals surface area (Å²) in [7, 11) is 0. The fraction of sp³-hybridized carbons (Fsp3) is 0.533. The molecule has 3 rings (SSSR count). The van der Waals surface area contributed by atoms with Crippen molar-refractivity contribution < 1.29 is 141 Å². The zero-order valence-corrected chi connectivity index (χ0v) is 29.0. The van der Waals surface area contributed by atoms with Crippen LogP contribution in [0.3, 0.4) is 0 Å². The molecule has 0 aliphatic heterocycles. The lowest BCUT2D eigenvalue weighted by Gasteiger charge is -2.41. The fourth-order valence-electron chi connectivity index (χ4n) is 5.15. The monoisotopic (exact) mass is 1000 g/mol. The summed E-state index contributed by atoms with van der Waals surface area (Å²) in [6.07, 6.45) is -15.9. The first-order valence-electron chi connectivity index (χ1n) is 15.5. The molecule has 0 saturated carbocycles. The molecule has 0 amide bonds. The van der Waals surface area contributed by atoms with Crippen LogP contribution < -0.4 is 10.6 Å². The number of ketones is 2. The largest absolute Gasteiger partial charge is 0.460 e. The molecule has 0 atom stereocenters. The normalized spacial score (nSPS) is 16.2. The van der Waals surface area contributed by atoms with E-state index in [4.69, 9.17) is 0 Å². The molecule has 0 unspecified atom stereocenters. The second-order valence-corrected chi connectivity index (χ2v) is 13.0. The Morgan fingerprint density at radius 2 is 0.531 bits per heavy atom. The van der Waals surface area contributed by atoms with Gasteiger partial charge in [0.05, 0.1) is 24.2 Å². The molecule has 2 aromatic rings. The van der Waals surface area contributed by atoms with Gasteiger partial charge in [0.1, 0.15) is 0 Å². The number of carbonyl (C=O) groups is 2. The molecule has 0 bridgehead atoms. The summed E-state index contributed by atoms with van der Waals surface area (Å²) >= 11 is 0. The van der Waals surface area contributed by atoms with Crippen LogP contribution >= 0.6 is 0 Å². The fourth-order valence-corrected chi connectivity index (χ4v) is 5.15. The minimum Gasteiger partial charge on any atom is -0.378 e. The van der Waals surface area contributed by atoms with Crippen molar-refractivity contribution in [2.75, 3.05) is 23.7 Å². The number of fused-ring (bicyclic) bond motifs is 2. The SMILES string of the molecule is O=C1c2ccccc2C(=O)c2c(NCC(F)(F)C(F)(F)C(F)(F)C(F)(F)C(F)(F)C(F)(F)C(F)(F)F)ccc(NCC(F)(F)C(F)(F)C(F)(F)C(F)(F)C(F)(F)C(F)(F)C(F)(F)F)c21. The van der Waals surface area contributed by atoms with Gasteiger partial charge in [0, 0.05) is 22.5 Å². The molecule has 4 nitrogen and oxygen atoms in total. The van der Waals surface area contributed by atoms with E-state index in [2.05, 4.69) is 0 Å². The molecule has 364 valence electrons. The van der Waals surface area contributed by atoms with Crippen LogP contribution in [0.15, 0.2) is 36.4 Å². The quantitative estimate of drug-likeness (QED) is 0.140. The molecule has 1 aliphatic carbocycles. The minimum absolute atomic E-state index is 0.210. The first-order valence-corrected chi connectivity index (χ1v) is 15.5. The summed E-state index contributed by atoms with van der Waals surface area (Å²) in [5.41, 5.74) is -9.03. The third-order valence-electron chi connectivity index (χ3n) is 8.86. The van der Waals surface area contributed by atoms with Gasteiger partial charge in [0.2, 0.25) is 0 Å². The molecule has 0 fully saturated rings. The predicted octanol–water partition coefficient (Wildman–Crippen LogP) is 12.0. The Balaban J connectivity index is 2.13. The van der Waals surface area contributed by atoms with Gasteiger partial charge in [-0.2, -0.15) is 132 Å². The summed E-state index contributed by atoms with van der Waals surface area (Å²) in [4.78, 5) is 26.6. The average Bonchev–Trinajstić information content (AvgIpc) is 3.13. The highest BCUT2D eigenvalue weighted by Crippen LogP contribution is 2.64. The molecular formula is C30H12F30N2O2. The van der Waals surface area contributed by atoms with Crippen LogP contribution in [0, 0.1) is 0 Å². The van der Waals surface area contributed by atoms with Gasteiger partial charge in [-0.25, -0.2) is 0 Å². The van der Waals surface area contributed by atoms with Gasteiger partial charge < -0.3 is 10.6 Å². The number of anilines is 2. The van der Waals surface area contributed by atoms with Crippen LogP contribution in [0.25, 0.3) is 0 Å². The van der Waals surface area contributed by atoms with Crippen LogP contribution in [0.4, 0.5) is 143 Å². The van der Waals surface area contributed by atoms with Crippen molar-refractivity contribution in [3.8, 4) is 0 Å². The Labute approximate surface area is 330 Å². The Morgan fingerprint density at radius 1 is 0.312 bits per heavy atom. The van der Waals surface area contributed by atoms with Gasteiger partial charge >= 0.3 is 83.4 Å². The molecule has 0 spiro atoms. The van der Waals surface area contributed by atoms with Crippen molar-refractivity contribution >= 4 is 22.9 Å². The molecular weight excluding hydrogens is 990 g/mol. The maximum atomic E-state index is 14.6. The summed E-state index contributed by atoms with van der Waals surface area (Å²) in [5, 5.41) is 1.65. The van der Waals surface area contributed by atoms with E-state index in [1.807, 2.05) is 0 Å². The van der Waals surface area contributed by atoms with E-state index in [-0.39, 0.29) is 12.1 Å². The Kier molecular flexibility index (Phi) is 12.5. The molecule has 1 aliphatic rings. The minimum atomic E-state index is -8.77. The van der Waals surface area contributed by atoms with Crippen molar-refractivity contribution in [2.45, 2.75) is 83.4 Å². The lowest BCUT2D eigenvalue weighted by molar-refractivity contribution is -0.451. The number of halogens is 30. The zero-order chi connectivity index (χ0) is 50.7. The molecule has 2 N–H and O–H groups in total. The maximum absolute atomic E-state index is 14.6. The molecule has 2 aromatic carbocycles. The highest BCUT2D eigenvalue weighted by molar-refractivity contribution is 6.31. The Bertz CT molecular complexity index is 1990. The molecule has 0 saturated heterocycles. The van der Waals surface area contributed by atoms with Crippen LogP contribution in [0.5, 0.6) is 0 Å². The van der Waals surface area contributed by atoms with E-state index in [0.29, 0.717) is 12.1 Å². The van der Waals surface area contributed by atoms with Gasteiger partial charge in [0.25, 0.3) is 0 Å². The number of benzene rings is 2. The number of rotatable bonds is 16. The number of carbonyl (C=O) groups excluding carboxylic acids is 2. The molecule has 34 heteroatoms. The predicted molar refractivity (Wildman–Crippen MR) is 148 cm³/mol. The first-order chi connectivity index (χ1) is 28.0. The number of hydrogen-bond acceptors (Lipinski definition) is 4. The third kappa shape index (κ3) is 7.15. The van der Waals surface area contributed by atoms with E-state index in [1.165, 1.54) is 0 Å². The van der Waals surface area contributed by atoms with Gasteiger partial charge in [-0.15, -0.1) is 0 Å². The van der Waals surface area contributed by atoms with E-state index in [1.54, 1.807) is 0 Å². The van der Waals surface area contributed by atoms with Gasteiger partial charge in [-0.05, 0) is 12.1 Å². The van der Waals surface area contributed by atoms with Crippen LogP contribution in [0.2, 0.25) is 0 Å². The lowest BCUT2D eigenvalue weighted by Crippen LogP contribution is -2.73. The second kappa shape index (κ2) is 14.9. The van der Waals surface area contributed by atoms with Crippen molar-refractivity contribution in [2.24, 2.45) is 0 Å². The summed E-state index contributed by atoms with van der Waals surface area (Å²) < 4.78 is 409. The van der Waals surface area contributed by atoms with Gasteiger partial charge in [-0.1, -0.05) is 24.3 Å².